The van der Waals surface area contributed by atoms with E-state index in [0.717, 1.165) is 31.3 Å². The molecular formula is C25H14Br2N4O2S. The van der Waals surface area contributed by atoms with Crippen molar-refractivity contribution in [1.82, 2.24) is 14.6 Å². The van der Waals surface area contributed by atoms with Crippen molar-refractivity contribution < 1.29 is 4.79 Å². The Hall–Kier alpha value is -3.14. The summed E-state index contributed by atoms with van der Waals surface area (Å²) in [7, 11) is 0. The molecule has 1 amide bonds. The van der Waals surface area contributed by atoms with E-state index in [0.29, 0.717) is 27.4 Å². The van der Waals surface area contributed by atoms with Gasteiger partial charge in [0.1, 0.15) is 4.53 Å². The maximum atomic E-state index is 13.6. The molecule has 0 aliphatic carbocycles. The lowest BCUT2D eigenvalue weighted by atomic mass is 10.1. The second-order valence-electron chi connectivity index (χ2n) is 7.79. The molecule has 0 saturated carbocycles. The van der Waals surface area contributed by atoms with Crippen molar-refractivity contribution in [3.05, 3.63) is 108 Å². The molecule has 0 unspecified atom stereocenters. The van der Waals surface area contributed by atoms with Gasteiger partial charge in [0.2, 0.25) is 4.96 Å². The monoisotopic (exact) mass is 592 g/mol. The van der Waals surface area contributed by atoms with Crippen LogP contribution in [0.2, 0.25) is 0 Å². The summed E-state index contributed by atoms with van der Waals surface area (Å²) in [6, 6.07) is 23.1. The molecule has 0 fully saturated rings. The summed E-state index contributed by atoms with van der Waals surface area (Å²) in [6.45, 7) is 0.417. The smallest absolute Gasteiger partial charge is 0.291 e. The van der Waals surface area contributed by atoms with Crippen LogP contribution in [0.25, 0.3) is 21.9 Å². The molecule has 2 aromatic heterocycles. The Morgan fingerprint density at radius 3 is 2.35 bits per heavy atom. The van der Waals surface area contributed by atoms with Gasteiger partial charge >= 0.3 is 0 Å². The van der Waals surface area contributed by atoms with E-state index < -0.39 is 0 Å². The number of thiazole rings is 1. The number of carbonyl (C=O) groups is 1. The maximum Gasteiger partial charge on any atom is 0.291 e. The highest BCUT2D eigenvalue weighted by molar-refractivity contribution is 9.10. The molecule has 0 spiro atoms. The van der Waals surface area contributed by atoms with Gasteiger partial charge in [-0.1, -0.05) is 85.7 Å². The molecule has 34 heavy (non-hydrogen) atoms. The van der Waals surface area contributed by atoms with Crippen LogP contribution in [0.4, 0.5) is 5.69 Å². The number of nitrogens with zero attached hydrogens (tertiary/aromatic N) is 4. The molecule has 0 radical (unpaired) electrons. The predicted molar refractivity (Wildman–Crippen MR) is 140 cm³/mol. The first-order valence-electron chi connectivity index (χ1n) is 10.3. The fourth-order valence-electron chi connectivity index (χ4n) is 4.05. The average Bonchev–Trinajstić information content (AvgIpc) is 3.46. The minimum absolute atomic E-state index is 0.202. The molecule has 5 aromatic rings. The van der Waals surface area contributed by atoms with Crippen LogP contribution in [-0.4, -0.2) is 20.5 Å². The molecule has 0 N–H and O–H groups in total. The molecule has 3 aromatic carbocycles. The Morgan fingerprint density at radius 1 is 0.882 bits per heavy atom. The van der Waals surface area contributed by atoms with E-state index >= 15 is 0 Å². The number of amides is 1. The second kappa shape index (κ2) is 8.26. The lowest BCUT2D eigenvalue weighted by Gasteiger charge is -2.17. The topological polar surface area (TPSA) is 67.6 Å². The molecule has 0 saturated heterocycles. The van der Waals surface area contributed by atoms with Crippen LogP contribution in [0, 0.1) is 0 Å². The highest BCUT2D eigenvalue weighted by Gasteiger charge is 2.34. The van der Waals surface area contributed by atoms with E-state index in [1.807, 2.05) is 72.8 Å². The summed E-state index contributed by atoms with van der Waals surface area (Å²) in [5.41, 5.74) is 3.38. The summed E-state index contributed by atoms with van der Waals surface area (Å²) in [6.07, 6.45) is 0. The first-order valence-corrected chi connectivity index (χ1v) is 12.8. The first kappa shape index (κ1) is 21.4. The lowest BCUT2D eigenvalue weighted by molar-refractivity contribution is -0.113. The van der Waals surface area contributed by atoms with Crippen LogP contribution in [-0.2, 0) is 11.3 Å². The zero-order valence-corrected chi connectivity index (χ0v) is 21.4. The van der Waals surface area contributed by atoms with Crippen LogP contribution in [0.3, 0.4) is 0 Å². The standard InChI is InChI=1S/C25H14Br2N4O2S/c26-16-8-6-15(7-9-16)22-28-25-31(29-22)24(33)21(34-25)20-18-12-17(27)10-11-19(18)30(23(20)32)13-14-4-2-1-3-5-14/h1-12H,13H2. The molecule has 1 aliphatic rings. The van der Waals surface area contributed by atoms with Crippen molar-refractivity contribution in [2.24, 2.45) is 0 Å². The number of hydrogen-bond acceptors (Lipinski definition) is 5. The largest absolute Gasteiger partial charge is 0.303 e. The normalized spacial score (nSPS) is 14.8. The number of carbonyl (C=O) groups excluding carboxylic acids is 1. The van der Waals surface area contributed by atoms with Crippen LogP contribution < -0.4 is 15.0 Å². The highest BCUT2D eigenvalue weighted by atomic mass is 79.9. The molecular weight excluding hydrogens is 580 g/mol. The van der Waals surface area contributed by atoms with Gasteiger partial charge in [0.25, 0.3) is 11.5 Å². The molecule has 0 atom stereocenters. The lowest BCUT2D eigenvalue weighted by Crippen LogP contribution is -2.32. The number of hydrogen-bond donors (Lipinski definition) is 0. The van der Waals surface area contributed by atoms with E-state index in [4.69, 9.17) is 0 Å². The quantitative estimate of drug-likeness (QED) is 0.301. The minimum atomic E-state index is -0.341. The maximum absolute atomic E-state index is 13.6. The number of anilines is 1. The Kier molecular flexibility index (Phi) is 5.20. The second-order valence-corrected chi connectivity index (χ2v) is 10.6. The van der Waals surface area contributed by atoms with Crippen molar-refractivity contribution in [1.29, 1.82) is 0 Å². The van der Waals surface area contributed by atoms with Gasteiger partial charge in [-0.2, -0.15) is 9.50 Å². The highest BCUT2D eigenvalue weighted by Crippen LogP contribution is 2.38. The summed E-state index contributed by atoms with van der Waals surface area (Å²) in [5, 5.41) is 4.43. The van der Waals surface area contributed by atoms with Crippen LogP contribution in [0.1, 0.15) is 11.1 Å². The van der Waals surface area contributed by atoms with Gasteiger partial charge in [-0.3, -0.25) is 9.59 Å². The Balaban J connectivity index is 1.52. The van der Waals surface area contributed by atoms with Crippen molar-refractivity contribution in [3.8, 4) is 11.4 Å². The average molecular weight is 594 g/mol. The zero-order chi connectivity index (χ0) is 23.4. The van der Waals surface area contributed by atoms with E-state index in [-0.39, 0.29) is 11.5 Å². The van der Waals surface area contributed by atoms with Crippen molar-refractivity contribution in [3.63, 3.8) is 0 Å². The van der Waals surface area contributed by atoms with Crippen LogP contribution >= 0.6 is 43.2 Å². The SMILES string of the molecule is O=C1C(=c2sc3nc(-c4ccc(Br)cc4)nn3c2=O)c2cc(Br)ccc2N1Cc1ccccc1. The van der Waals surface area contributed by atoms with Gasteiger partial charge in [0.05, 0.1) is 17.8 Å². The van der Waals surface area contributed by atoms with Gasteiger partial charge in [0.15, 0.2) is 5.82 Å². The Bertz CT molecular complexity index is 1700. The predicted octanol–water partition coefficient (Wildman–Crippen LogP) is 4.81. The molecule has 166 valence electrons. The number of benzene rings is 3. The molecule has 6 rings (SSSR count). The molecule has 3 heterocycles. The number of rotatable bonds is 3. The summed E-state index contributed by atoms with van der Waals surface area (Å²) in [4.78, 5) is 33.7. The van der Waals surface area contributed by atoms with E-state index in [9.17, 15) is 9.59 Å². The van der Waals surface area contributed by atoms with Crippen LogP contribution in [0.5, 0.6) is 0 Å². The summed E-state index contributed by atoms with van der Waals surface area (Å²) in [5.74, 6) is 0.269. The van der Waals surface area contributed by atoms with Gasteiger partial charge in [0, 0.05) is 20.1 Å². The molecule has 9 heteroatoms. The van der Waals surface area contributed by atoms with Gasteiger partial charge < -0.3 is 4.90 Å². The van der Waals surface area contributed by atoms with Crippen molar-refractivity contribution in [2.75, 3.05) is 4.90 Å². The molecule has 0 bridgehead atoms. The summed E-state index contributed by atoms with van der Waals surface area (Å²) < 4.78 is 3.42. The third-order valence-electron chi connectivity index (χ3n) is 5.65. The Morgan fingerprint density at radius 2 is 1.62 bits per heavy atom. The minimum Gasteiger partial charge on any atom is -0.303 e. The fraction of sp³-hybridized carbons (Fsp3) is 0.0400. The zero-order valence-electron chi connectivity index (χ0n) is 17.4. The third kappa shape index (κ3) is 3.51. The molecule has 6 nitrogen and oxygen atoms in total. The number of halogens is 2. The Labute approximate surface area is 214 Å². The molecule has 1 aliphatic heterocycles. The van der Waals surface area contributed by atoms with E-state index in [1.165, 1.54) is 15.9 Å². The number of fused-ring (bicyclic) bond motifs is 2. The summed E-state index contributed by atoms with van der Waals surface area (Å²) >= 11 is 8.11. The van der Waals surface area contributed by atoms with E-state index in [1.54, 1.807) is 4.90 Å². The number of aromatic nitrogens is 3. The van der Waals surface area contributed by atoms with Gasteiger partial charge in [-0.25, -0.2) is 0 Å². The van der Waals surface area contributed by atoms with Crippen molar-refractivity contribution >= 4 is 65.3 Å². The van der Waals surface area contributed by atoms with Gasteiger partial charge in [-0.05, 0) is 35.9 Å². The first-order chi connectivity index (χ1) is 16.5. The van der Waals surface area contributed by atoms with Gasteiger partial charge in [-0.15, -0.1) is 5.10 Å². The van der Waals surface area contributed by atoms with E-state index in [2.05, 4.69) is 41.9 Å². The fourth-order valence-corrected chi connectivity index (χ4v) is 5.68. The van der Waals surface area contributed by atoms with Crippen LogP contribution in [0.15, 0.2) is 86.5 Å². The third-order valence-corrected chi connectivity index (χ3v) is 7.70. The van der Waals surface area contributed by atoms with Crippen molar-refractivity contribution in [2.45, 2.75) is 6.54 Å².